The summed E-state index contributed by atoms with van der Waals surface area (Å²) < 4.78 is 5.75. The molecule has 1 heterocycles. The number of β-amino-alcohol motifs (C(OH)–C–C–N with tert-alkyl or cyclic N) is 1. The number of fused-ring (bicyclic) bond motifs is 1. The Kier molecular flexibility index (Phi) is 7.89. The lowest BCUT2D eigenvalue weighted by Gasteiger charge is -2.33. The molecule has 0 aromatic heterocycles. The van der Waals surface area contributed by atoms with Crippen molar-refractivity contribution in [2.45, 2.75) is 31.5 Å². The van der Waals surface area contributed by atoms with E-state index in [2.05, 4.69) is 47.4 Å². The molecule has 0 radical (unpaired) electrons. The predicted molar refractivity (Wildman–Crippen MR) is 133 cm³/mol. The van der Waals surface area contributed by atoms with Gasteiger partial charge in [-0.05, 0) is 71.5 Å². The fourth-order valence-corrected chi connectivity index (χ4v) is 4.66. The lowest BCUT2D eigenvalue weighted by Crippen LogP contribution is -2.39. The summed E-state index contributed by atoms with van der Waals surface area (Å²) in [5.41, 5.74) is 8.48. The molecular weight excluding hydrogens is 412 g/mol. The van der Waals surface area contributed by atoms with Crippen LogP contribution < -0.4 is 5.73 Å². The molecule has 1 amide bonds. The molecule has 3 N–H and O–H groups in total. The van der Waals surface area contributed by atoms with E-state index in [0.29, 0.717) is 25.7 Å². The van der Waals surface area contributed by atoms with Gasteiger partial charge in [0.05, 0.1) is 19.3 Å². The molecular formula is C28H32N2O3. The minimum atomic E-state index is -0.517. The highest BCUT2D eigenvalue weighted by Crippen LogP contribution is 2.33. The number of piperidine rings is 1. The number of benzene rings is 3. The summed E-state index contributed by atoms with van der Waals surface area (Å²) >= 11 is 0. The number of carbonyl (C=O) groups is 1. The van der Waals surface area contributed by atoms with Gasteiger partial charge in [-0.25, -0.2) is 0 Å². The lowest BCUT2D eigenvalue weighted by molar-refractivity contribution is -0.113. The molecule has 1 atom stereocenters. The molecule has 5 heteroatoms. The first-order valence-electron chi connectivity index (χ1n) is 11.6. The van der Waals surface area contributed by atoms with Gasteiger partial charge >= 0.3 is 0 Å². The van der Waals surface area contributed by atoms with Crippen LogP contribution >= 0.6 is 0 Å². The maximum absolute atomic E-state index is 10.9. The van der Waals surface area contributed by atoms with Crippen LogP contribution in [0.25, 0.3) is 16.8 Å². The molecule has 172 valence electrons. The Morgan fingerprint density at radius 1 is 1.09 bits per heavy atom. The summed E-state index contributed by atoms with van der Waals surface area (Å²) in [6.45, 7) is 3.31. The first-order valence-corrected chi connectivity index (χ1v) is 11.6. The van der Waals surface area contributed by atoms with Crippen LogP contribution in [0.1, 0.15) is 35.4 Å². The molecule has 0 aliphatic carbocycles. The van der Waals surface area contributed by atoms with E-state index < -0.39 is 12.0 Å². The SMILES string of the molecule is NC(=O)/C=C/c1cccc(COCC(O)CN2CCC(c3cccc4ccccc34)CC2)c1. The molecule has 3 aromatic rings. The number of nitrogens with zero attached hydrogens (tertiary/aromatic N) is 1. The fraction of sp³-hybridized carbons (Fsp3) is 0.321. The van der Waals surface area contributed by atoms with Crippen molar-refractivity contribution < 1.29 is 14.6 Å². The molecule has 5 nitrogen and oxygen atoms in total. The molecule has 4 rings (SSSR count). The number of ether oxygens (including phenoxy) is 1. The zero-order valence-corrected chi connectivity index (χ0v) is 18.9. The fourth-order valence-electron chi connectivity index (χ4n) is 4.66. The van der Waals surface area contributed by atoms with Crippen molar-refractivity contribution in [3.8, 4) is 0 Å². The molecule has 1 saturated heterocycles. The predicted octanol–water partition coefficient (Wildman–Crippen LogP) is 4.10. The van der Waals surface area contributed by atoms with Crippen LogP contribution in [0.2, 0.25) is 0 Å². The van der Waals surface area contributed by atoms with Gasteiger partial charge in [-0.1, -0.05) is 60.7 Å². The van der Waals surface area contributed by atoms with Crippen LogP contribution in [0, 0.1) is 0 Å². The second kappa shape index (κ2) is 11.2. The number of carbonyl (C=O) groups excluding carboxylic acids is 1. The van der Waals surface area contributed by atoms with E-state index in [1.807, 2.05) is 24.3 Å². The topological polar surface area (TPSA) is 75.8 Å². The lowest BCUT2D eigenvalue weighted by atomic mass is 9.86. The Hall–Kier alpha value is -2.99. The zero-order chi connectivity index (χ0) is 23.0. The van der Waals surface area contributed by atoms with Crippen LogP contribution in [0.3, 0.4) is 0 Å². The number of likely N-dealkylation sites (tertiary alicyclic amines) is 1. The summed E-state index contributed by atoms with van der Waals surface area (Å²) in [7, 11) is 0. The molecule has 3 aromatic carbocycles. The van der Waals surface area contributed by atoms with E-state index in [1.54, 1.807) is 6.08 Å². The Balaban J connectivity index is 1.22. The van der Waals surface area contributed by atoms with Crippen molar-refractivity contribution in [3.63, 3.8) is 0 Å². The van der Waals surface area contributed by atoms with Crippen LogP contribution in [0.15, 0.2) is 72.8 Å². The highest BCUT2D eigenvalue weighted by atomic mass is 16.5. The monoisotopic (exact) mass is 444 g/mol. The Morgan fingerprint density at radius 3 is 2.67 bits per heavy atom. The number of nitrogens with two attached hydrogens (primary N) is 1. The number of hydrogen-bond donors (Lipinski definition) is 2. The standard InChI is InChI=1S/C28H32N2O3/c29-28(32)12-11-21-5-3-6-22(17-21)19-33-20-25(31)18-30-15-13-24(14-16-30)27-10-4-8-23-7-1-2-9-26(23)27/h1-12,17,24-25,31H,13-16,18-20H2,(H2,29,32)/b12-11+. The van der Waals surface area contributed by atoms with E-state index >= 15 is 0 Å². The van der Waals surface area contributed by atoms with Crippen LogP contribution in [-0.4, -0.2) is 48.3 Å². The first kappa shape index (κ1) is 23.2. The van der Waals surface area contributed by atoms with E-state index in [-0.39, 0.29) is 0 Å². The summed E-state index contributed by atoms with van der Waals surface area (Å²) in [5, 5.41) is 13.1. The third kappa shape index (κ3) is 6.51. The number of aliphatic hydroxyl groups excluding tert-OH is 1. The highest BCUT2D eigenvalue weighted by Gasteiger charge is 2.23. The van der Waals surface area contributed by atoms with Gasteiger partial charge in [0.15, 0.2) is 0 Å². The molecule has 0 bridgehead atoms. The zero-order valence-electron chi connectivity index (χ0n) is 18.9. The third-order valence-electron chi connectivity index (χ3n) is 6.29. The maximum Gasteiger partial charge on any atom is 0.241 e. The van der Waals surface area contributed by atoms with Gasteiger partial charge in [0, 0.05) is 12.6 Å². The normalized spacial score (nSPS) is 16.4. The average molecular weight is 445 g/mol. The molecule has 33 heavy (non-hydrogen) atoms. The number of rotatable bonds is 9. The van der Waals surface area contributed by atoms with Crippen molar-refractivity contribution in [2.24, 2.45) is 5.73 Å². The number of amides is 1. The van der Waals surface area contributed by atoms with Gasteiger partial charge in [0.25, 0.3) is 0 Å². The summed E-state index contributed by atoms with van der Waals surface area (Å²) in [6.07, 6.45) is 4.72. The Labute approximate surface area is 195 Å². The van der Waals surface area contributed by atoms with Crippen molar-refractivity contribution in [2.75, 3.05) is 26.2 Å². The van der Waals surface area contributed by atoms with Gasteiger partial charge in [0.1, 0.15) is 0 Å². The first-order chi connectivity index (χ1) is 16.1. The smallest absolute Gasteiger partial charge is 0.241 e. The van der Waals surface area contributed by atoms with E-state index in [4.69, 9.17) is 10.5 Å². The summed E-state index contributed by atoms with van der Waals surface area (Å²) in [4.78, 5) is 13.2. The van der Waals surface area contributed by atoms with Gasteiger partial charge in [-0.3, -0.25) is 4.79 Å². The number of primary amides is 1. The van der Waals surface area contributed by atoms with Crippen molar-refractivity contribution in [1.82, 2.24) is 4.90 Å². The minimum Gasteiger partial charge on any atom is -0.389 e. The van der Waals surface area contributed by atoms with Gasteiger partial charge < -0.3 is 20.5 Å². The van der Waals surface area contributed by atoms with Crippen LogP contribution in [-0.2, 0) is 16.1 Å². The highest BCUT2D eigenvalue weighted by molar-refractivity contribution is 5.90. The molecule has 1 fully saturated rings. The molecule has 0 spiro atoms. The van der Waals surface area contributed by atoms with Crippen molar-refractivity contribution >= 4 is 22.8 Å². The number of hydrogen-bond acceptors (Lipinski definition) is 4. The van der Waals surface area contributed by atoms with Crippen LogP contribution in [0.4, 0.5) is 0 Å². The van der Waals surface area contributed by atoms with Crippen molar-refractivity contribution in [3.05, 3.63) is 89.5 Å². The van der Waals surface area contributed by atoms with Gasteiger partial charge in [-0.15, -0.1) is 0 Å². The molecule has 1 aliphatic rings. The Morgan fingerprint density at radius 2 is 1.85 bits per heavy atom. The van der Waals surface area contributed by atoms with E-state index in [9.17, 15) is 9.90 Å². The minimum absolute atomic E-state index is 0.296. The van der Waals surface area contributed by atoms with Crippen molar-refractivity contribution in [1.29, 1.82) is 0 Å². The van der Waals surface area contributed by atoms with E-state index in [1.165, 1.54) is 22.4 Å². The maximum atomic E-state index is 10.9. The quantitative estimate of drug-likeness (QED) is 0.488. The molecule has 1 aliphatic heterocycles. The number of aliphatic hydroxyl groups is 1. The summed E-state index contributed by atoms with van der Waals surface area (Å²) in [6, 6.07) is 22.9. The average Bonchev–Trinajstić information content (AvgIpc) is 2.83. The molecule has 0 saturated carbocycles. The Bertz CT molecular complexity index is 1100. The van der Waals surface area contributed by atoms with Crippen LogP contribution in [0.5, 0.6) is 0 Å². The largest absolute Gasteiger partial charge is 0.389 e. The molecule has 1 unspecified atom stereocenters. The third-order valence-corrected chi connectivity index (χ3v) is 6.29. The van der Waals surface area contributed by atoms with E-state index in [0.717, 1.165) is 37.1 Å². The van der Waals surface area contributed by atoms with Gasteiger partial charge in [-0.2, -0.15) is 0 Å². The second-order valence-corrected chi connectivity index (χ2v) is 8.79. The van der Waals surface area contributed by atoms with Gasteiger partial charge in [0.2, 0.25) is 5.91 Å². The summed E-state index contributed by atoms with van der Waals surface area (Å²) in [5.74, 6) is 0.0950. The second-order valence-electron chi connectivity index (χ2n) is 8.79.